The molecule has 124 valence electrons. The van der Waals surface area contributed by atoms with Gasteiger partial charge in [-0.1, -0.05) is 18.2 Å². The maximum absolute atomic E-state index is 11.8. The molecule has 0 radical (unpaired) electrons. The van der Waals surface area contributed by atoms with E-state index in [4.69, 9.17) is 10.5 Å². The minimum Gasteiger partial charge on any atom is -0.457 e. The highest BCUT2D eigenvalue weighted by Crippen LogP contribution is 2.29. The van der Waals surface area contributed by atoms with Gasteiger partial charge in [0.2, 0.25) is 0 Å². The Morgan fingerprint density at radius 3 is 2.38 bits per heavy atom. The lowest BCUT2D eigenvalue weighted by molar-refractivity contribution is 0.471. The van der Waals surface area contributed by atoms with Crippen molar-refractivity contribution in [3.05, 3.63) is 60.3 Å². The number of anilines is 1. The molecule has 0 amide bonds. The smallest absolute Gasteiger partial charge is 0.296 e. The molecule has 3 rings (SSSR count). The Bertz CT molecular complexity index is 982. The quantitative estimate of drug-likeness (QED) is 0.704. The number of nitrogens with zero attached hydrogens (tertiary/aromatic N) is 2. The molecule has 0 bridgehead atoms. The first-order chi connectivity index (χ1) is 11.3. The molecule has 0 saturated heterocycles. The molecule has 0 saturated carbocycles. The second-order valence-corrected chi connectivity index (χ2v) is 6.53. The van der Waals surface area contributed by atoms with Crippen LogP contribution in [0.3, 0.4) is 0 Å². The minimum atomic E-state index is -4.50. The first-order valence-electron chi connectivity index (χ1n) is 7.01. The molecule has 0 aliphatic carbocycles. The lowest BCUT2D eigenvalue weighted by Crippen LogP contribution is -2.09. The first-order valence-corrected chi connectivity index (χ1v) is 8.45. The number of nitrogen functional groups attached to an aromatic ring is 1. The van der Waals surface area contributed by atoms with E-state index in [1.165, 1.54) is 16.8 Å². The molecule has 1 aromatic heterocycles. The van der Waals surface area contributed by atoms with E-state index in [1.54, 1.807) is 43.3 Å². The Labute approximate surface area is 139 Å². The Balaban J connectivity index is 2.10. The zero-order valence-electron chi connectivity index (χ0n) is 12.7. The second kappa shape index (κ2) is 5.99. The number of aromatic nitrogens is 2. The molecule has 3 aromatic rings. The molecule has 24 heavy (non-hydrogen) atoms. The van der Waals surface area contributed by atoms with E-state index in [-0.39, 0.29) is 22.2 Å². The fourth-order valence-corrected chi connectivity index (χ4v) is 2.96. The van der Waals surface area contributed by atoms with Gasteiger partial charge < -0.3 is 10.5 Å². The van der Waals surface area contributed by atoms with Crippen molar-refractivity contribution < 1.29 is 17.7 Å². The average molecular weight is 345 g/mol. The molecule has 0 atom stereocenters. The molecule has 0 aliphatic heterocycles. The third-order valence-corrected chi connectivity index (χ3v) is 4.16. The molecule has 0 fully saturated rings. The lowest BCUT2D eigenvalue weighted by Gasteiger charge is -2.12. The molecular weight excluding hydrogens is 330 g/mol. The number of benzene rings is 2. The van der Waals surface area contributed by atoms with Gasteiger partial charge in [0, 0.05) is 12.1 Å². The van der Waals surface area contributed by atoms with Gasteiger partial charge in [0.25, 0.3) is 10.1 Å². The predicted octanol–water partition coefficient (Wildman–Crippen LogP) is 2.80. The summed E-state index contributed by atoms with van der Waals surface area (Å²) in [7, 11) is -4.50. The summed E-state index contributed by atoms with van der Waals surface area (Å²) in [6, 6.07) is 14.8. The Kier molecular flexibility index (Phi) is 4.00. The van der Waals surface area contributed by atoms with Crippen molar-refractivity contribution in [3.63, 3.8) is 0 Å². The topological polar surface area (TPSA) is 107 Å². The fourth-order valence-electron chi connectivity index (χ4n) is 2.28. The summed E-state index contributed by atoms with van der Waals surface area (Å²) in [5, 5.41) is 4.14. The molecular formula is C16H15N3O4S. The largest absolute Gasteiger partial charge is 0.457 e. The molecule has 8 heteroatoms. The monoisotopic (exact) mass is 345 g/mol. The highest BCUT2D eigenvalue weighted by atomic mass is 32.2. The molecule has 2 aromatic carbocycles. The number of ether oxygens (including phenoxy) is 1. The van der Waals surface area contributed by atoms with Crippen LogP contribution in [0.15, 0.2) is 59.5 Å². The third-order valence-electron chi connectivity index (χ3n) is 3.28. The van der Waals surface area contributed by atoms with Gasteiger partial charge in [-0.3, -0.25) is 4.55 Å². The van der Waals surface area contributed by atoms with Crippen LogP contribution in [0.2, 0.25) is 0 Å². The van der Waals surface area contributed by atoms with Crippen LogP contribution in [0.1, 0.15) is 5.69 Å². The number of hydrogen-bond donors (Lipinski definition) is 2. The summed E-state index contributed by atoms with van der Waals surface area (Å²) in [4.78, 5) is -0.342. The number of aryl methyl sites for hydroxylation is 1. The van der Waals surface area contributed by atoms with Crippen molar-refractivity contribution >= 4 is 15.9 Å². The normalized spacial score (nSPS) is 11.4. The van der Waals surface area contributed by atoms with Crippen LogP contribution in [0.25, 0.3) is 5.69 Å². The predicted molar refractivity (Wildman–Crippen MR) is 89.0 cm³/mol. The minimum absolute atomic E-state index is 0.142. The van der Waals surface area contributed by atoms with Crippen LogP contribution in [0.4, 0.5) is 5.82 Å². The molecule has 0 spiro atoms. The summed E-state index contributed by atoms with van der Waals surface area (Å²) in [6.45, 7) is 1.73. The van der Waals surface area contributed by atoms with Crippen LogP contribution < -0.4 is 10.5 Å². The maximum Gasteiger partial charge on any atom is 0.296 e. The Hall–Kier alpha value is -2.84. The van der Waals surface area contributed by atoms with E-state index in [9.17, 15) is 13.0 Å². The molecule has 3 N–H and O–H groups in total. The van der Waals surface area contributed by atoms with Crippen LogP contribution in [0.5, 0.6) is 11.5 Å². The third kappa shape index (κ3) is 3.24. The van der Waals surface area contributed by atoms with Crippen molar-refractivity contribution in [2.45, 2.75) is 11.8 Å². The highest BCUT2D eigenvalue weighted by Gasteiger charge is 2.20. The second-order valence-electron chi connectivity index (χ2n) is 5.14. The fraction of sp³-hybridized carbons (Fsp3) is 0.0625. The SMILES string of the molecule is Cc1cc(N)n(-c2ccc(Oc3ccccc3)cc2S(=O)(=O)O)n1. The zero-order valence-corrected chi connectivity index (χ0v) is 13.6. The number of para-hydroxylation sites is 1. The van der Waals surface area contributed by atoms with Gasteiger partial charge in [-0.2, -0.15) is 13.5 Å². The molecule has 0 unspecified atom stereocenters. The maximum atomic E-state index is 11.8. The number of hydrogen-bond acceptors (Lipinski definition) is 5. The summed E-state index contributed by atoms with van der Waals surface area (Å²) in [6.07, 6.45) is 0. The van der Waals surface area contributed by atoms with Crippen LogP contribution >= 0.6 is 0 Å². The van der Waals surface area contributed by atoms with Crippen molar-refractivity contribution in [3.8, 4) is 17.2 Å². The van der Waals surface area contributed by atoms with Crippen LogP contribution in [-0.2, 0) is 10.1 Å². The van der Waals surface area contributed by atoms with Crippen LogP contribution in [0, 0.1) is 6.92 Å². The van der Waals surface area contributed by atoms with Gasteiger partial charge in [-0.25, -0.2) is 4.68 Å². The van der Waals surface area contributed by atoms with Gasteiger partial charge in [0.05, 0.1) is 11.4 Å². The van der Waals surface area contributed by atoms with Crippen molar-refractivity contribution in [2.75, 3.05) is 5.73 Å². The van der Waals surface area contributed by atoms with E-state index in [0.717, 1.165) is 0 Å². The summed E-state index contributed by atoms with van der Waals surface area (Å²) >= 11 is 0. The number of rotatable bonds is 4. The van der Waals surface area contributed by atoms with Crippen molar-refractivity contribution in [1.82, 2.24) is 9.78 Å². The van der Waals surface area contributed by atoms with E-state index >= 15 is 0 Å². The van der Waals surface area contributed by atoms with Crippen molar-refractivity contribution in [2.24, 2.45) is 0 Å². The zero-order chi connectivity index (χ0) is 17.3. The average Bonchev–Trinajstić information content (AvgIpc) is 2.86. The van der Waals surface area contributed by atoms with Gasteiger partial charge in [0.1, 0.15) is 22.2 Å². The molecule has 1 heterocycles. The Morgan fingerprint density at radius 1 is 1.08 bits per heavy atom. The summed E-state index contributed by atoms with van der Waals surface area (Å²) in [5.74, 6) is 1.06. The van der Waals surface area contributed by atoms with Gasteiger partial charge in [-0.15, -0.1) is 0 Å². The lowest BCUT2D eigenvalue weighted by atomic mass is 10.3. The molecule has 0 aliphatic rings. The van der Waals surface area contributed by atoms with E-state index < -0.39 is 10.1 Å². The Morgan fingerprint density at radius 2 is 1.79 bits per heavy atom. The summed E-state index contributed by atoms with van der Waals surface area (Å²) < 4.78 is 39.9. The van der Waals surface area contributed by atoms with E-state index in [1.807, 2.05) is 6.07 Å². The number of nitrogens with two attached hydrogens (primary N) is 1. The van der Waals surface area contributed by atoms with E-state index in [2.05, 4.69) is 5.10 Å². The highest BCUT2D eigenvalue weighted by molar-refractivity contribution is 7.86. The van der Waals surface area contributed by atoms with Gasteiger partial charge in [-0.05, 0) is 31.2 Å². The van der Waals surface area contributed by atoms with E-state index in [0.29, 0.717) is 11.4 Å². The first kappa shape index (κ1) is 16.0. The standard InChI is InChI=1S/C16H15N3O4S/c1-11-9-16(17)19(18-11)14-8-7-13(10-15(14)24(20,21)22)23-12-5-3-2-4-6-12/h2-10H,17H2,1H3,(H,20,21,22). The molecule has 7 nitrogen and oxygen atoms in total. The summed E-state index contributed by atoms with van der Waals surface area (Å²) in [5.41, 5.74) is 6.61. The van der Waals surface area contributed by atoms with Gasteiger partial charge in [0.15, 0.2) is 0 Å². The van der Waals surface area contributed by atoms with Crippen LogP contribution in [-0.4, -0.2) is 22.8 Å². The van der Waals surface area contributed by atoms with Gasteiger partial charge >= 0.3 is 0 Å². The van der Waals surface area contributed by atoms with Crippen molar-refractivity contribution in [1.29, 1.82) is 0 Å².